The maximum Gasteiger partial charge on any atom is 0.190 e. The first kappa shape index (κ1) is 14.2. The lowest BCUT2D eigenvalue weighted by molar-refractivity contribution is 0.0994. The van der Waals surface area contributed by atoms with E-state index in [0.717, 1.165) is 12.8 Å². The van der Waals surface area contributed by atoms with E-state index in [2.05, 4.69) is 5.32 Å². The number of benzene rings is 1. The fraction of sp³-hybridized carbons (Fsp3) is 0.571. The molecule has 0 heterocycles. The molecule has 1 unspecified atom stereocenters. The summed E-state index contributed by atoms with van der Waals surface area (Å²) in [6, 6.07) is 3.03. The second-order valence-electron chi connectivity index (χ2n) is 4.92. The number of hydrogen-bond donors (Lipinski definition) is 2. The first-order valence-corrected chi connectivity index (χ1v) is 6.62. The molecule has 3 nitrogen and oxygen atoms in total. The standard InChI is InChI=1S/C14H19F2NO2/c1-2-11(18)8-19-14-12(15)5-9(6-13(14)16)7-17-10-3-4-10/h5-6,10-11,17-18H,2-4,7-8H2,1H3. The van der Waals surface area contributed by atoms with Crippen LogP contribution in [0.25, 0.3) is 0 Å². The molecule has 0 aromatic heterocycles. The average molecular weight is 271 g/mol. The van der Waals surface area contributed by atoms with Crippen LogP contribution in [0.5, 0.6) is 5.75 Å². The maximum atomic E-state index is 13.7. The molecule has 5 heteroatoms. The summed E-state index contributed by atoms with van der Waals surface area (Å²) in [5.41, 5.74) is 0.560. The molecule has 0 bridgehead atoms. The molecule has 2 N–H and O–H groups in total. The van der Waals surface area contributed by atoms with Gasteiger partial charge in [-0.1, -0.05) is 6.92 Å². The Morgan fingerprint density at radius 3 is 2.53 bits per heavy atom. The SMILES string of the molecule is CCC(O)COc1c(F)cc(CNC2CC2)cc1F. The molecule has 1 aliphatic carbocycles. The molecule has 106 valence electrons. The van der Waals surface area contributed by atoms with E-state index in [9.17, 15) is 13.9 Å². The van der Waals surface area contributed by atoms with Crippen LogP contribution in [0.4, 0.5) is 8.78 Å². The van der Waals surface area contributed by atoms with Crippen molar-refractivity contribution in [2.24, 2.45) is 0 Å². The third kappa shape index (κ3) is 4.14. The van der Waals surface area contributed by atoms with Crippen molar-refractivity contribution in [3.05, 3.63) is 29.3 Å². The Kier molecular flexibility index (Phi) is 4.71. The average Bonchev–Trinajstić information content (AvgIpc) is 3.19. The highest BCUT2D eigenvalue weighted by Gasteiger charge is 2.21. The third-order valence-corrected chi connectivity index (χ3v) is 3.12. The Hall–Kier alpha value is -1.20. The van der Waals surface area contributed by atoms with E-state index >= 15 is 0 Å². The fourth-order valence-electron chi connectivity index (χ4n) is 1.70. The van der Waals surface area contributed by atoms with Gasteiger partial charge >= 0.3 is 0 Å². The van der Waals surface area contributed by atoms with Crippen molar-refractivity contribution in [3.63, 3.8) is 0 Å². The van der Waals surface area contributed by atoms with Gasteiger partial charge < -0.3 is 15.2 Å². The Morgan fingerprint density at radius 2 is 2.00 bits per heavy atom. The fourth-order valence-corrected chi connectivity index (χ4v) is 1.70. The molecule has 1 atom stereocenters. The van der Waals surface area contributed by atoms with Crippen molar-refractivity contribution in [2.75, 3.05) is 6.61 Å². The van der Waals surface area contributed by atoms with Crippen LogP contribution >= 0.6 is 0 Å². The summed E-state index contributed by atoms with van der Waals surface area (Å²) in [7, 11) is 0. The minimum Gasteiger partial charge on any atom is -0.485 e. The van der Waals surface area contributed by atoms with Crippen LogP contribution < -0.4 is 10.1 Å². The van der Waals surface area contributed by atoms with Crippen LogP contribution in [0, 0.1) is 11.6 Å². The predicted octanol–water partition coefficient (Wildman–Crippen LogP) is 2.37. The maximum absolute atomic E-state index is 13.7. The summed E-state index contributed by atoms with van der Waals surface area (Å²) in [6.45, 7) is 2.12. The Balaban J connectivity index is 1.98. The summed E-state index contributed by atoms with van der Waals surface area (Å²) >= 11 is 0. The third-order valence-electron chi connectivity index (χ3n) is 3.12. The van der Waals surface area contributed by atoms with E-state index in [4.69, 9.17) is 4.74 Å². The zero-order chi connectivity index (χ0) is 13.8. The van der Waals surface area contributed by atoms with Crippen LogP contribution in [-0.2, 0) is 6.54 Å². The molecule has 1 aromatic carbocycles. The number of ether oxygens (including phenoxy) is 1. The normalized spacial score (nSPS) is 16.4. The van der Waals surface area contributed by atoms with Crippen LogP contribution in [0.1, 0.15) is 31.7 Å². The van der Waals surface area contributed by atoms with E-state index in [1.54, 1.807) is 6.92 Å². The van der Waals surface area contributed by atoms with Crippen molar-refractivity contribution in [1.82, 2.24) is 5.32 Å². The van der Waals surface area contributed by atoms with E-state index in [0.29, 0.717) is 24.6 Å². The summed E-state index contributed by atoms with van der Waals surface area (Å²) in [5, 5.41) is 12.5. The number of halogens is 2. The van der Waals surface area contributed by atoms with Gasteiger partial charge in [0.1, 0.15) is 6.61 Å². The molecular formula is C14H19F2NO2. The van der Waals surface area contributed by atoms with Gasteiger partial charge in [-0.05, 0) is 37.0 Å². The monoisotopic (exact) mass is 271 g/mol. The van der Waals surface area contributed by atoms with Crippen molar-refractivity contribution < 1.29 is 18.6 Å². The molecule has 19 heavy (non-hydrogen) atoms. The molecule has 0 saturated heterocycles. The van der Waals surface area contributed by atoms with Crippen molar-refractivity contribution in [1.29, 1.82) is 0 Å². The zero-order valence-corrected chi connectivity index (χ0v) is 11.0. The van der Waals surface area contributed by atoms with Gasteiger partial charge in [0.05, 0.1) is 6.10 Å². The van der Waals surface area contributed by atoms with E-state index in [1.807, 2.05) is 0 Å². The van der Waals surface area contributed by atoms with Crippen LogP contribution in [0.3, 0.4) is 0 Å². The first-order chi connectivity index (χ1) is 9.10. The van der Waals surface area contributed by atoms with Gasteiger partial charge in [-0.2, -0.15) is 0 Å². The summed E-state index contributed by atoms with van der Waals surface area (Å²) < 4.78 is 32.5. The molecule has 0 spiro atoms. The first-order valence-electron chi connectivity index (χ1n) is 6.62. The number of hydrogen-bond acceptors (Lipinski definition) is 3. The lowest BCUT2D eigenvalue weighted by Crippen LogP contribution is -2.18. The summed E-state index contributed by atoms with van der Waals surface area (Å²) in [6.07, 6.45) is 2.02. The number of nitrogens with one attached hydrogen (secondary N) is 1. The minimum absolute atomic E-state index is 0.107. The topological polar surface area (TPSA) is 41.5 Å². The van der Waals surface area contributed by atoms with Crippen LogP contribution in [0.15, 0.2) is 12.1 Å². The number of aliphatic hydroxyl groups is 1. The predicted molar refractivity (Wildman–Crippen MR) is 68.0 cm³/mol. The molecule has 0 radical (unpaired) electrons. The van der Waals surface area contributed by atoms with Gasteiger partial charge in [0.2, 0.25) is 0 Å². The van der Waals surface area contributed by atoms with E-state index < -0.39 is 23.5 Å². The molecule has 1 fully saturated rings. The van der Waals surface area contributed by atoms with Crippen molar-refractivity contribution in [3.8, 4) is 5.75 Å². The van der Waals surface area contributed by atoms with Gasteiger partial charge in [0.15, 0.2) is 17.4 Å². The Labute approximate surface area is 111 Å². The summed E-state index contributed by atoms with van der Waals surface area (Å²) in [5.74, 6) is -1.87. The smallest absolute Gasteiger partial charge is 0.190 e. The molecule has 1 saturated carbocycles. The quantitative estimate of drug-likeness (QED) is 0.800. The lowest BCUT2D eigenvalue weighted by atomic mass is 10.2. The number of aliphatic hydroxyl groups excluding tert-OH is 1. The molecule has 0 aliphatic heterocycles. The van der Waals surface area contributed by atoms with Gasteiger partial charge in [0, 0.05) is 12.6 Å². The largest absolute Gasteiger partial charge is 0.485 e. The molecule has 1 aromatic rings. The molecule has 0 amide bonds. The molecule has 1 aliphatic rings. The molecular weight excluding hydrogens is 252 g/mol. The van der Waals surface area contributed by atoms with E-state index in [1.165, 1.54) is 12.1 Å². The molecule has 2 rings (SSSR count). The highest BCUT2D eigenvalue weighted by Crippen LogP contribution is 2.25. The van der Waals surface area contributed by atoms with Crippen LogP contribution in [-0.4, -0.2) is 23.9 Å². The van der Waals surface area contributed by atoms with Gasteiger partial charge in [-0.3, -0.25) is 0 Å². The highest BCUT2D eigenvalue weighted by molar-refractivity contribution is 5.31. The Morgan fingerprint density at radius 1 is 1.37 bits per heavy atom. The second kappa shape index (κ2) is 6.30. The minimum atomic E-state index is -0.726. The zero-order valence-electron chi connectivity index (χ0n) is 11.0. The highest BCUT2D eigenvalue weighted by atomic mass is 19.1. The van der Waals surface area contributed by atoms with Crippen LogP contribution in [0.2, 0.25) is 0 Å². The Bertz CT molecular complexity index is 412. The number of rotatable bonds is 7. The van der Waals surface area contributed by atoms with Crippen molar-refractivity contribution in [2.45, 2.75) is 44.9 Å². The second-order valence-corrected chi connectivity index (χ2v) is 4.92. The summed E-state index contributed by atoms with van der Waals surface area (Å²) in [4.78, 5) is 0. The van der Waals surface area contributed by atoms with Gasteiger partial charge in [0.25, 0.3) is 0 Å². The van der Waals surface area contributed by atoms with Gasteiger partial charge in [-0.25, -0.2) is 8.78 Å². The van der Waals surface area contributed by atoms with Crippen molar-refractivity contribution >= 4 is 0 Å². The lowest BCUT2D eigenvalue weighted by Gasteiger charge is -2.13. The van der Waals surface area contributed by atoms with E-state index in [-0.39, 0.29) is 6.61 Å². The van der Waals surface area contributed by atoms with Gasteiger partial charge in [-0.15, -0.1) is 0 Å².